The minimum absolute atomic E-state index is 0.00398. The quantitative estimate of drug-likeness (QED) is 0.527. The monoisotopic (exact) mass is 259 g/mol. The molecule has 0 aromatic heterocycles. The first-order chi connectivity index (χ1) is 8.56. The summed E-state index contributed by atoms with van der Waals surface area (Å²) >= 11 is 0. The van der Waals surface area contributed by atoms with Gasteiger partial charge in [0.05, 0.1) is 6.54 Å². The zero-order valence-corrected chi connectivity index (χ0v) is 11.5. The van der Waals surface area contributed by atoms with Crippen molar-refractivity contribution in [2.24, 2.45) is 5.92 Å². The molecule has 3 N–H and O–H groups in total. The van der Waals surface area contributed by atoms with Gasteiger partial charge in [-0.1, -0.05) is 13.8 Å². The third kappa shape index (κ3) is 11.2. The third-order valence-corrected chi connectivity index (χ3v) is 2.07. The van der Waals surface area contributed by atoms with Crippen LogP contribution in [0.25, 0.3) is 0 Å². The van der Waals surface area contributed by atoms with Gasteiger partial charge in [-0.2, -0.15) is 0 Å². The van der Waals surface area contributed by atoms with Gasteiger partial charge in [-0.05, 0) is 19.3 Å². The summed E-state index contributed by atoms with van der Waals surface area (Å²) in [6, 6.07) is -0.328. The predicted octanol–water partition coefficient (Wildman–Crippen LogP) is 0.484. The van der Waals surface area contributed by atoms with Gasteiger partial charge in [0.25, 0.3) is 0 Å². The molecule has 6 heteroatoms. The molecule has 0 fully saturated rings. The molecule has 3 amide bonds. The molecule has 0 saturated carbocycles. The first-order valence-electron chi connectivity index (χ1n) is 6.42. The average Bonchev–Trinajstić information content (AvgIpc) is 2.33. The van der Waals surface area contributed by atoms with Crippen LogP contribution in [0.3, 0.4) is 0 Å². The van der Waals surface area contributed by atoms with E-state index >= 15 is 0 Å². The van der Waals surface area contributed by atoms with Crippen molar-refractivity contribution in [2.75, 3.05) is 32.8 Å². The molecule has 0 aliphatic carbocycles. The van der Waals surface area contributed by atoms with E-state index in [0.29, 0.717) is 32.2 Å². The number of ether oxygens (including phenoxy) is 1. The number of hydrogen-bond donors (Lipinski definition) is 3. The van der Waals surface area contributed by atoms with E-state index in [-0.39, 0.29) is 18.5 Å². The van der Waals surface area contributed by atoms with Crippen LogP contribution >= 0.6 is 0 Å². The standard InChI is InChI=1S/C12H25N3O3/c1-4-18-7-5-6-13-12(17)15-9-11(16)14-8-10(2)3/h10H,4-9H2,1-3H3,(H,14,16)(H2,13,15,17). The Morgan fingerprint density at radius 3 is 2.50 bits per heavy atom. The number of hydrogen-bond acceptors (Lipinski definition) is 3. The summed E-state index contributed by atoms with van der Waals surface area (Å²) in [5.41, 5.74) is 0. The maximum atomic E-state index is 11.3. The first kappa shape index (κ1) is 16.7. The Morgan fingerprint density at radius 2 is 1.89 bits per heavy atom. The summed E-state index contributed by atoms with van der Waals surface area (Å²) in [4.78, 5) is 22.6. The average molecular weight is 259 g/mol. The van der Waals surface area contributed by atoms with Crippen LogP contribution in [0, 0.1) is 5.92 Å². The highest BCUT2D eigenvalue weighted by Crippen LogP contribution is 1.86. The van der Waals surface area contributed by atoms with Crippen molar-refractivity contribution in [3.8, 4) is 0 Å². The van der Waals surface area contributed by atoms with Crippen LogP contribution in [0.1, 0.15) is 27.2 Å². The van der Waals surface area contributed by atoms with Gasteiger partial charge in [0, 0.05) is 26.3 Å². The molecule has 0 aliphatic rings. The lowest BCUT2D eigenvalue weighted by Crippen LogP contribution is -2.43. The van der Waals surface area contributed by atoms with Crippen molar-refractivity contribution in [1.29, 1.82) is 0 Å². The number of rotatable bonds is 9. The van der Waals surface area contributed by atoms with Gasteiger partial charge < -0.3 is 20.7 Å². The molecule has 0 aromatic rings. The second-order valence-corrected chi connectivity index (χ2v) is 4.36. The molecule has 0 unspecified atom stereocenters. The summed E-state index contributed by atoms with van der Waals surface area (Å²) in [6.07, 6.45) is 0.765. The fourth-order valence-corrected chi connectivity index (χ4v) is 1.12. The Labute approximate surface area is 109 Å². The lowest BCUT2D eigenvalue weighted by Gasteiger charge is -2.09. The highest BCUT2D eigenvalue weighted by atomic mass is 16.5. The highest BCUT2D eigenvalue weighted by molar-refractivity contribution is 5.83. The Hall–Kier alpha value is -1.30. The molecule has 0 aromatic carbocycles. The number of carbonyl (C=O) groups excluding carboxylic acids is 2. The summed E-state index contributed by atoms with van der Waals surface area (Å²) in [6.45, 7) is 8.43. The lowest BCUT2D eigenvalue weighted by atomic mass is 10.2. The van der Waals surface area contributed by atoms with Gasteiger partial charge >= 0.3 is 6.03 Å². The topological polar surface area (TPSA) is 79.5 Å². The highest BCUT2D eigenvalue weighted by Gasteiger charge is 2.04. The molecule has 0 atom stereocenters. The van der Waals surface area contributed by atoms with E-state index in [2.05, 4.69) is 16.0 Å². The van der Waals surface area contributed by atoms with Gasteiger partial charge in [-0.25, -0.2) is 4.79 Å². The number of urea groups is 1. The smallest absolute Gasteiger partial charge is 0.315 e. The van der Waals surface area contributed by atoms with Crippen molar-refractivity contribution in [3.63, 3.8) is 0 Å². The summed E-state index contributed by atoms with van der Waals surface area (Å²) in [5.74, 6) is 0.231. The largest absolute Gasteiger partial charge is 0.382 e. The number of amides is 3. The van der Waals surface area contributed by atoms with E-state index in [9.17, 15) is 9.59 Å². The van der Waals surface area contributed by atoms with Gasteiger partial charge in [0.1, 0.15) is 0 Å². The molecule has 0 radical (unpaired) electrons. The predicted molar refractivity (Wildman–Crippen MR) is 70.4 cm³/mol. The van der Waals surface area contributed by atoms with Crippen LogP contribution in [0.5, 0.6) is 0 Å². The Bertz CT molecular complexity index is 245. The first-order valence-corrected chi connectivity index (χ1v) is 6.42. The van der Waals surface area contributed by atoms with Crippen LogP contribution in [0.4, 0.5) is 4.79 Å². The Kier molecular flexibility index (Phi) is 10.0. The zero-order valence-electron chi connectivity index (χ0n) is 11.5. The summed E-state index contributed by atoms with van der Waals surface area (Å²) < 4.78 is 5.13. The van der Waals surface area contributed by atoms with E-state index in [1.807, 2.05) is 20.8 Å². The third-order valence-electron chi connectivity index (χ3n) is 2.07. The van der Waals surface area contributed by atoms with Crippen molar-refractivity contribution in [2.45, 2.75) is 27.2 Å². The maximum Gasteiger partial charge on any atom is 0.315 e. The Morgan fingerprint density at radius 1 is 1.17 bits per heavy atom. The second-order valence-electron chi connectivity index (χ2n) is 4.36. The number of carbonyl (C=O) groups is 2. The SMILES string of the molecule is CCOCCCNC(=O)NCC(=O)NCC(C)C. The minimum Gasteiger partial charge on any atom is -0.382 e. The van der Waals surface area contributed by atoms with Crippen LogP contribution in [-0.4, -0.2) is 44.8 Å². The van der Waals surface area contributed by atoms with E-state index in [4.69, 9.17) is 4.74 Å². The molecule has 0 saturated heterocycles. The normalized spacial score (nSPS) is 10.2. The van der Waals surface area contributed by atoms with Gasteiger partial charge in [-0.15, -0.1) is 0 Å². The van der Waals surface area contributed by atoms with E-state index < -0.39 is 0 Å². The zero-order chi connectivity index (χ0) is 13.8. The van der Waals surface area contributed by atoms with Crippen molar-refractivity contribution in [3.05, 3.63) is 0 Å². The number of nitrogens with one attached hydrogen (secondary N) is 3. The fraction of sp³-hybridized carbons (Fsp3) is 0.833. The summed E-state index contributed by atoms with van der Waals surface area (Å²) in [7, 11) is 0. The minimum atomic E-state index is -0.328. The molecule has 106 valence electrons. The van der Waals surface area contributed by atoms with Crippen LogP contribution < -0.4 is 16.0 Å². The van der Waals surface area contributed by atoms with Crippen LogP contribution in [0.15, 0.2) is 0 Å². The fourth-order valence-electron chi connectivity index (χ4n) is 1.12. The second kappa shape index (κ2) is 10.8. The molecule has 18 heavy (non-hydrogen) atoms. The lowest BCUT2D eigenvalue weighted by molar-refractivity contribution is -0.120. The molecule has 0 aliphatic heterocycles. The summed E-state index contributed by atoms with van der Waals surface area (Å²) in [5, 5.41) is 7.87. The molecule has 6 nitrogen and oxygen atoms in total. The van der Waals surface area contributed by atoms with Crippen molar-refractivity contribution >= 4 is 11.9 Å². The van der Waals surface area contributed by atoms with E-state index in [1.165, 1.54) is 0 Å². The molecule has 0 heterocycles. The molecule has 0 rings (SSSR count). The van der Waals surface area contributed by atoms with E-state index in [1.54, 1.807) is 0 Å². The molecular weight excluding hydrogens is 234 g/mol. The molecular formula is C12H25N3O3. The molecule has 0 spiro atoms. The van der Waals surface area contributed by atoms with Gasteiger partial charge in [0.2, 0.25) is 5.91 Å². The van der Waals surface area contributed by atoms with Crippen LogP contribution in [-0.2, 0) is 9.53 Å². The Balaban J connectivity index is 3.43. The van der Waals surface area contributed by atoms with E-state index in [0.717, 1.165) is 6.42 Å². The van der Waals surface area contributed by atoms with Crippen LogP contribution in [0.2, 0.25) is 0 Å². The molecule has 0 bridgehead atoms. The van der Waals surface area contributed by atoms with Crippen molar-refractivity contribution in [1.82, 2.24) is 16.0 Å². The van der Waals surface area contributed by atoms with Crippen molar-refractivity contribution < 1.29 is 14.3 Å². The van der Waals surface area contributed by atoms with Gasteiger partial charge in [0.15, 0.2) is 0 Å². The maximum absolute atomic E-state index is 11.3. The van der Waals surface area contributed by atoms with Gasteiger partial charge in [-0.3, -0.25) is 4.79 Å².